The van der Waals surface area contributed by atoms with E-state index in [2.05, 4.69) is 5.32 Å². The van der Waals surface area contributed by atoms with Crippen LogP contribution in [0.3, 0.4) is 0 Å². The number of nitrogens with one attached hydrogen (secondary N) is 1. The van der Waals surface area contributed by atoms with Crippen LogP contribution in [0.4, 0.5) is 9.59 Å². The number of nitrogens with zero attached hydrogens (tertiary/aromatic N) is 1. The van der Waals surface area contributed by atoms with Crippen LogP contribution in [-0.4, -0.2) is 35.7 Å². The van der Waals surface area contributed by atoms with Crippen molar-refractivity contribution in [1.82, 2.24) is 10.2 Å². The summed E-state index contributed by atoms with van der Waals surface area (Å²) in [6.07, 6.45) is -0.717. The zero-order chi connectivity index (χ0) is 19.9. The molecule has 0 aromatic heterocycles. The van der Waals surface area contributed by atoms with Gasteiger partial charge in [-0.2, -0.15) is 0 Å². The summed E-state index contributed by atoms with van der Waals surface area (Å²) in [4.78, 5) is 26.3. The molecular weight excluding hydrogens is 342 g/mol. The Morgan fingerprint density at radius 2 is 1.48 bits per heavy atom. The summed E-state index contributed by atoms with van der Waals surface area (Å²) in [7, 11) is 0. The Morgan fingerprint density at radius 1 is 1.00 bits per heavy atom. The number of rotatable bonds is 5. The molecule has 0 aliphatic heterocycles. The van der Waals surface area contributed by atoms with E-state index in [9.17, 15) is 9.59 Å². The van der Waals surface area contributed by atoms with Gasteiger partial charge in [-0.25, -0.2) is 14.5 Å². The second-order valence-corrected chi connectivity index (χ2v) is 7.12. The Bertz CT molecular complexity index is 703. The fraction of sp³-hybridized carbons (Fsp3) is 0.333. The first-order valence-electron chi connectivity index (χ1n) is 8.93. The maximum absolute atomic E-state index is 12.9. The molecule has 0 atom stereocenters. The standard InChI is InChI=1S/C21H27N3O3/c1-21(2,3)27-20(26)24(15-14-22)19(25)23-18(16-10-6-4-7-11-16)17-12-8-5-9-13-17/h4-13,18H,14-15,22H2,1-3H3,(H,23,25). The molecule has 0 radical (unpaired) electrons. The Labute approximate surface area is 160 Å². The van der Waals surface area contributed by atoms with E-state index < -0.39 is 23.8 Å². The lowest BCUT2D eigenvalue weighted by atomic mass is 9.99. The van der Waals surface area contributed by atoms with Crippen molar-refractivity contribution in [1.29, 1.82) is 0 Å². The summed E-state index contributed by atoms with van der Waals surface area (Å²) in [6, 6.07) is 18.2. The maximum Gasteiger partial charge on any atom is 0.418 e. The molecule has 0 aliphatic carbocycles. The molecule has 144 valence electrons. The largest absolute Gasteiger partial charge is 0.443 e. The van der Waals surface area contributed by atoms with Crippen LogP contribution in [0.5, 0.6) is 0 Å². The van der Waals surface area contributed by atoms with E-state index in [1.807, 2.05) is 60.7 Å². The van der Waals surface area contributed by atoms with Gasteiger partial charge in [0, 0.05) is 13.1 Å². The van der Waals surface area contributed by atoms with Crippen molar-refractivity contribution in [2.45, 2.75) is 32.4 Å². The highest BCUT2D eigenvalue weighted by molar-refractivity contribution is 5.91. The average Bonchev–Trinajstić information content (AvgIpc) is 2.64. The number of urea groups is 1. The normalized spacial score (nSPS) is 11.1. The summed E-state index contributed by atoms with van der Waals surface area (Å²) in [5.41, 5.74) is 6.71. The SMILES string of the molecule is CC(C)(C)OC(=O)N(CCN)C(=O)NC(c1ccccc1)c1ccccc1. The highest BCUT2D eigenvalue weighted by Crippen LogP contribution is 2.22. The van der Waals surface area contributed by atoms with Crippen molar-refractivity contribution in [2.75, 3.05) is 13.1 Å². The van der Waals surface area contributed by atoms with Crippen LogP contribution >= 0.6 is 0 Å². The monoisotopic (exact) mass is 369 g/mol. The zero-order valence-electron chi connectivity index (χ0n) is 16.0. The molecule has 0 bridgehead atoms. The first-order chi connectivity index (χ1) is 12.8. The molecule has 27 heavy (non-hydrogen) atoms. The second-order valence-electron chi connectivity index (χ2n) is 7.12. The van der Waals surface area contributed by atoms with Crippen LogP contribution < -0.4 is 11.1 Å². The molecule has 0 spiro atoms. The summed E-state index contributed by atoms with van der Waals surface area (Å²) in [5.74, 6) is 0. The fourth-order valence-electron chi connectivity index (χ4n) is 2.57. The van der Waals surface area contributed by atoms with Gasteiger partial charge in [0.15, 0.2) is 0 Å². The van der Waals surface area contributed by atoms with Gasteiger partial charge in [-0.3, -0.25) is 0 Å². The predicted octanol–water partition coefficient (Wildman–Crippen LogP) is 3.68. The van der Waals surface area contributed by atoms with Crippen molar-refractivity contribution in [2.24, 2.45) is 5.73 Å². The molecular formula is C21H27N3O3. The van der Waals surface area contributed by atoms with Crippen LogP contribution in [0, 0.1) is 0 Å². The zero-order valence-corrected chi connectivity index (χ0v) is 16.0. The Hall–Kier alpha value is -2.86. The molecule has 0 unspecified atom stereocenters. The van der Waals surface area contributed by atoms with Crippen LogP contribution in [0.2, 0.25) is 0 Å². The van der Waals surface area contributed by atoms with E-state index in [1.54, 1.807) is 20.8 Å². The van der Waals surface area contributed by atoms with Gasteiger partial charge in [-0.1, -0.05) is 60.7 Å². The average molecular weight is 369 g/mol. The van der Waals surface area contributed by atoms with Crippen LogP contribution in [0.1, 0.15) is 37.9 Å². The lowest BCUT2D eigenvalue weighted by Crippen LogP contribution is -2.49. The van der Waals surface area contributed by atoms with Crippen LogP contribution in [0.25, 0.3) is 0 Å². The minimum Gasteiger partial charge on any atom is -0.443 e. The summed E-state index contributed by atoms with van der Waals surface area (Å²) in [5, 5.41) is 2.93. The number of benzene rings is 2. The van der Waals surface area contributed by atoms with Gasteiger partial charge in [0.05, 0.1) is 6.04 Å². The molecule has 3 amide bonds. The van der Waals surface area contributed by atoms with Gasteiger partial charge in [0.1, 0.15) is 5.60 Å². The molecule has 3 N–H and O–H groups in total. The molecule has 2 aromatic carbocycles. The van der Waals surface area contributed by atoms with Crippen molar-refractivity contribution < 1.29 is 14.3 Å². The van der Waals surface area contributed by atoms with E-state index >= 15 is 0 Å². The minimum atomic E-state index is -0.717. The number of hydrogen-bond donors (Lipinski definition) is 2. The second kappa shape index (κ2) is 9.19. The van der Waals surface area contributed by atoms with Gasteiger partial charge < -0.3 is 15.8 Å². The Balaban J connectivity index is 2.26. The van der Waals surface area contributed by atoms with E-state index in [1.165, 1.54) is 0 Å². The maximum atomic E-state index is 12.9. The number of imide groups is 1. The molecule has 0 saturated carbocycles. The van der Waals surface area contributed by atoms with Gasteiger partial charge in [-0.05, 0) is 31.9 Å². The van der Waals surface area contributed by atoms with Gasteiger partial charge in [-0.15, -0.1) is 0 Å². The number of ether oxygens (including phenoxy) is 1. The number of hydrogen-bond acceptors (Lipinski definition) is 4. The molecule has 0 fully saturated rings. The van der Waals surface area contributed by atoms with E-state index in [-0.39, 0.29) is 13.1 Å². The van der Waals surface area contributed by atoms with E-state index in [0.717, 1.165) is 16.0 Å². The van der Waals surface area contributed by atoms with Crippen molar-refractivity contribution in [3.05, 3.63) is 71.8 Å². The third-order valence-corrected chi connectivity index (χ3v) is 3.75. The third kappa shape index (κ3) is 6.11. The third-order valence-electron chi connectivity index (χ3n) is 3.75. The lowest BCUT2D eigenvalue weighted by Gasteiger charge is -2.28. The molecule has 2 aromatic rings. The number of carbonyl (C=O) groups is 2. The summed E-state index contributed by atoms with van der Waals surface area (Å²) in [6.45, 7) is 5.46. The van der Waals surface area contributed by atoms with Crippen molar-refractivity contribution in [3.63, 3.8) is 0 Å². The number of nitrogens with two attached hydrogens (primary N) is 1. The van der Waals surface area contributed by atoms with E-state index in [4.69, 9.17) is 10.5 Å². The molecule has 6 nitrogen and oxygen atoms in total. The molecule has 0 saturated heterocycles. The van der Waals surface area contributed by atoms with E-state index in [0.29, 0.717) is 0 Å². The first-order valence-corrected chi connectivity index (χ1v) is 8.93. The van der Waals surface area contributed by atoms with Gasteiger partial charge >= 0.3 is 12.1 Å². The summed E-state index contributed by atoms with van der Waals surface area (Å²) < 4.78 is 5.34. The Kier molecular flexibility index (Phi) is 6.96. The lowest BCUT2D eigenvalue weighted by molar-refractivity contribution is 0.0324. The number of amides is 3. The molecule has 0 aliphatic rings. The van der Waals surface area contributed by atoms with Crippen molar-refractivity contribution >= 4 is 12.1 Å². The van der Waals surface area contributed by atoms with Gasteiger partial charge in [0.2, 0.25) is 0 Å². The first kappa shape index (κ1) is 20.5. The Morgan fingerprint density at radius 3 is 1.89 bits per heavy atom. The predicted molar refractivity (Wildman–Crippen MR) is 105 cm³/mol. The topological polar surface area (TPSA) is 84.7 Å². The summed E-state index contributed by atoms with van der Waals surface area (Å²) >= 11 is 0. The van der Waals surface area contributed by atoms with Crippen LogP contribution in [-0.2, 0) is 4.74 Å². The minimum absolute atomic E-state index is 0.0665. The van der Waals surface area contributed by atoms with Crippen LogP contribution in [0.15, 0.2) is 60.7 Å². The molecule has 2 rings (SSSR count). The highest BCUT2D eigenvalue weighted by Gasteiger charge is 2.28. The quantitative estimate of drug-likeness (QED) is 0.842. The molecule has 0 heterocycles. The van der Waals surface area contributed by atoms with Crippen molar-refractivity contribution in [3.8, 4) is 0 Å². The fourth-order valence-corrected chi connectivity index (χ4v) is 2.57. The highest BCUT2D eigenvalue weighted by atomic mass is 16.6. The molecule has 6 heteroatoms. The van der Waals surface area contributed by atoms with Gasteiger partial charge in [0.25, 0.3) is 0 Å². The smallest absolute Gasteiger partial charge is 0.418 e. The number of carbonyl (C=O) groups excluding carboxylic acids is 2.